The van der Waals surface area contributed by atoms with Crippen LogP contribution >= 0.6 is 23.2 Å². The van der Waals surface area contributed by atoms with E-state index in [2.05, 4.69) is 10.3 Å². The van der Waals surface area contributed by atoms with Gasteiger partial charge in [-0.25, -0.2) is 9.37 Å². The zero-order valence-corrected chi connectivity index (χ0v) is 13.3. The van der Waals surface area contributed by atoms with Gasteiger partial charge in [-0.2, -0.15) is 13.2 Å². The second-order valence-corrected chi connectivity index (χ2v) is 5.78. The number of hydrogen-bond acceptors (Lipinski definition) is 2. The van der Waals surface area contributed by atoms with Crippen LogP contribution in [0, 0.1) is 5.82 Å². The predicted octanol–water partition coefficient (Wildman–Crippen LogP) is 6.44. The van der Waals surface area contributed by atoms with Crippen LogP contribution in [0.25, 0.3) is 10.9 Å². The largest absolute Gasteiger partial charge is 0.433 e. The van der Waals surface area contributed by atoms with Crippen molar-refractivity contribution in [3.63, 3.8) is 0 Å². The molecule has 0 atom stereocenters. The number of halogens is 6. The van der Waals surface area contributed by atoms with Crippen LogP contribution in [0.4, 0.5) is 28.9 Å². The predicted molar refractivity (Wildman–Crippen MR) is 86.4 cm³/mol. The molecule has 0 fully saturated rings. The summed E-state index contributed by atoms with van der Waals surface area (Å²) in [5, 5.41) is 3.76. The van der Waals surface area contributed by atoms with Gasteiger partial charge in [0.15, 0.2) is 0 Å². The van der Waals surface area contributed by atoms with Crippen molar-refractivity contribution in [3.8, 4) is 0 Å². The molecule has 2 nitrogen and oxygen atoms in total. The number of nitrogens with zero attached hydrogens (tertiary/aromatic N) is 1. The van der Waals surface area contributed by atoms with Crippen molar-refractivity contribution in [2.45, 2.75) is 6.18 Å². The zero-order valence-electron chi connectivity index (χ0n) is 11.8. The first-order valence-electron chi connectivity index (χ1n) is 6.63. The summed E-state index contributed by atoms with van der Waals surface area (Å²) in [6.07, 6.45) is -4.66. The van der Waals surface area contributed by atoms with E-state index in [1.54, 1.807) is 6.07 Å². The molecule has 24 heavy (non-hydrogen) atoms. The van der Waals surface area contributed by atoms with Gasteiger partial charge in [0, 0.05) is 17.1 Å². The number of rotatable bonds is 2. The number of nitrogens with one attached hydrogen (secondary N) is 1. The Bertz CT molecular complexity index is 926. The molecule has 124 valence electrons. The summed E-state index contributed by atoms with van der Waals surface area (Å²) >= 11 is 11.7. The lowest BCUT2D eigenvalue weighted by atomic mass is 10.1. The van der Waals surface area contributed by atoms with Gasteiger partial charge in [0.25, 0.3) is 0 Å². The van der Waals surface area contributed by atoms with E-state index in [9.17, 15) is 17.6 Å². The fraction of sp³-hybridized carbons (Fsp3) is 0.0625. The van der Waals surface area contributed by atoms with E-state index in [-0.39, 0.29) is 16.2 Å². The van der Waals surface area contributed by atoms with Crippen LogP contribution in [0.5, 0.6) is 0 Å². The standard InChI is InChI=1S/C16H8Cl2F4N2/c17-11-4-2-9(6-12(11)18)23-14-7-15(16(20,21)22)24-13-5-8(19)1-3-10(13)14/h1-7H,(H,23,24). The average molecular weight is 375 g/mol. The van der Waals surface area contributed by atoms with Gasteiger partial charge in [-0.1, -0.05) is 23.2 Å². The molecule has 3 aromatic rings. The Hall–Kier alpha value is -2.05. The molecule has 1 aromatic heterocycles. The minimum atomic E-state index is -4.66. The number of pyridine rings is 1. The van der Waals surface area contributed by atoms with Gasteiger partial charge in [0.05, 0.1) is 21.2 Å². The zero-order chi connectivity index (χ0) is 17.5. The molecule has 8 heteroatoms. The summed E-state index contributed by atoms with van der Waals surface area (Å²) in [5.74, 6) is -0.671. The number of hydrogen-bond donors (Lipinski definition) is 1. The van der Waals surface area contributed by atoms with Gasteiger partial charge in [0.1, 0.15) is 11.5 Å². The molecule has 0 spiro atoms. The molecule has 2 aromatic carbocycles. The summed E-state index contributed by atoms with van der Waals surface area (Å²) in [6, 6.07) is 8.88. The highest BCUT2D eigenvalue weighted by atomic mass is 35.5. The molecule has 0 radical (unpaired) electrons. The van der Waals surface area contributed by atoms with E-state index in [1.807, 2.05) is 0 Å². The molecular weight excluding hydrogens is 367 g/mol. The van der Waals surface area contributed by atoms with Crippen molar-refractivity contribution in [2.24, 2.45) is 0 Å². The highest BCUT2D eigenvalue weighted by Gasteiger charge is 2.33. The molecule has 0 amide bonds. The molecule has 0 aliphatic heterocycles. The van der Waals surface area contributed by atoms with Crippen LogP contribution in [0.2, 0.25) is 10.0 Å². The van der Waals surface area contributed by atoms with E-state index in [0.717, 1.165) is 18.2 Å². The number of alkyl halides is 3. The van der Waals surface area contributed by atoms with Gasteiger partial charge in [-0.3, -0.25) is 0 Å². The molecule has 0 saturated carbocycles. The number of fused-ring (bicyclic) bond motifs is 1. The molecule has 1 heterocycles. The van der Waals surface area contributed by atoms with Crippen LogP contribution in [0.3, 0.4) is 0 Å². The SMILES string of the molecule is Fc1ccc2c(Nc3ccc(Cl)c(Cl)c3)cc(C(F)(F)F)nc2c1. The van der Waals surface area contributed by atoms with Crippen LogP contribution in [0.15, 0.2) is 42.5 Å². The number of benzene rings is 2. The Balaban J connectivity index is 2.15. The smallest absolute Gasteiger partial charge is 0.355 e. The lowest BCUT2D eigenvalue weighted by molar-refractivity contribution is -0.140. The number of anilines is 2. The van der Waals surface area contributed by atoms with Gasteiger partial charge >= 0.3 is 6.18 Å². The third-order valence-corrected chi connectivity index (χ3v) is 4.00. The average Bonchev–Trinajstić information content (AvgIpc) is 2.49. The molecule has 0 unspecified atom stereocenters. The van der Waals surface area contributed by atoms with Crippen LogP contribution in [0.1, 0.15) is 5.69 Å². The van der Waals surface area contributed by atoms with E-state index >= 15 is 0 Å². The van der Waals surface area contributed by atoms with E-state index in [0.29, 0.717) is 16.1 Å². The summed E-state index contributed by atoms with van der Waals surface area (Å²) in [7, 11) is 0. The van der Waals surface area contributed by atoms with Crippen LogP contribution in [-0.2, 0) is 6.18 Å². The van der Waals surface area contributed by atoms with Crippen LogP contribution in [-0.4, -0.2) is 4.98 Å². The molecule has 0 saturated heterocycles. The summed E-state index contributed by atoms with van der Waals surface area (Å²) < 4.78 is 52.4. The highest BCUT2D eigenvalue weighted by Crippen LogP contribution is 2.35. The fourth-order valence-corrected chi connectivity index (χ4v) is 2.48. The normalized spacial score (nSPS) is 11.8. The quantitative estimate of drug-likeness (QED) is 0.521. The lowest BCUT2D eigenvalue weighted by Gasteiger charge is -2.14. The van der Waals surface area contributed by atoms with Crippen molar-refractivity contribution >= 4 is 45.5 Å². The second kappa shape index (κ2) is 6.11. The summed E-state index contributed by atoms with van der Waals surface area (Å²) in [5.41, 5.74) is -0.657. The third kappa shape index (κ3) is 3.39. The molecule has 1 N–H and O–H groups in total. The van der Waals surface area contributed by atoms with Gasteiger partial charge in [0.2, 0.25) is 0 Å². The van der Waals surface area contributed by atoms with E-state index in [1.165, 1.54) is 18.2 Å². The first-order chi connectivity index (χ1) is 11.2. The minimum absolute atomic E-state index is 0.104. The monoisotopic (exact) mass is 374 g/mol. The maximum Gasteiger partial charge on any atom is 0.433 e. The minimum Gasteiger partial charge on any atom is -0.355 e. The van der Waals surface area contributed by atoms with Gasteiger partial charge in [-0.05, 0) is 36.4 Å². The van der Waals surface area contributed by atoms with Crippen molar-refractivity contribution in [3.05, 3.63) is 64.0 Å². The van der Waals surface area contributed by atoms with Gasteiger partial charge < -0.3 is 5.32 Å². The van der Waals surface area contributed by atoms with Crippen molar-refractivity contribution < 1.29 is 17.6 Å². The molecule has 3 rings (SSSR count). The lowest BCUT2D eigenvalue weighted by Crippen LogP contribution is -2.09. The number of aromatic nitrogens is 1. The first kappa shape index (κ1) is 16.8. The molecular formula is C16H8Cl2F4N2. The Kier molecular flexibility index (Phi) is 4.27. The van der Waals surface area contributed by atoms with Crippen molar-refractivity contribution in [1.82, 2.24) is 4.98 Å². The van der Waals surface area contributed by atoms with Gasteiger partial charge in [-0.15, -0.1) is 0 Å². The Morgan fingerprint density at radius 1 is 0.917 bits per heavy atom. The van der Waals surface area contributed by atoms with Crippen molar-refractivity contribution in [2.75, 3.05) is 5.32 Å². The fourth-order valence-electron chi connectivity index (χ4n) is 2.18. The van der Waals surface area contributed by atoms with Crippen molar-refractivity contribution in [1.29, 1.82) is 0 Å². The third-order valence-electron chi connectivity index (χ3n) is 3.26. The topological polar surface area (TPSA) is 24.9 Å². The Morgan fingerprint density at radius 2 is 1.67 bits per heavy atom. The van der Waals surface area contributed by atoms with Crippen LogP contribution < -0.4 is 5.32 Å². The molecule has 0 aliphatic rings. The first-order valence-corrected chi connectivity index (χ1v) is 7.39. The maximum absolute atomic E-state index is 13.3. The van der Waals surface area contributed by atoms with E-state index in [4.69, 9.17) is 23.2 Å². The highest BCUT2D eigenvalue weighted by molar-refractivity contribution is 6.42. The maximum atomic E-state index is 13.3. The summed E-state index contributed by atoms with van der Waals surface area (Å²) in [4.78, 5) is 3.49. The second-order valence-electron chi connectivity index (χ2n) is 4.97. The Morgan fingerprint density at radius 3 is 2.33 bits per heavy atom. The molecule has 0 bridgehead atoms. The molecule has 0 aliphatic carbocycles. The van der Waals surface area contributed by atoms with E-state index < -0.39 is 17.7 Å². The Labute approximate surface area is 144 Å². The summed E-state index contributed by atoms with van der Waals surface area (Å²) in [6.45, 7) is 0.